The Morgan fingerprint density at radius 1 is 0.971 bits per heavy atom. The first-order valence-electron chi connectivity index (χ1n) is 23.7. The predicted octanol–water partition coefficient (Wildman–Crippen LogP) is 8.62. The SMILES string of the molecule is CCP(=O)(CC)c1ccc(-n2ccn(-c3c(-c4cc(C)c(F)c(C)c4)nn4c3C(C)N(C(=O)c3cc5cc([C@H]6CCOC(C)(C)C6)ccc5n3[C@@]3(c5noc(=O)[nH]5)C[C@@H]3C)CC4)c2=O)cc1NC. The van der Waals surface area contributed by atoms with Crippen LogP contribution in [0.4, 0.5) is 10.1 Å². The van der Waals surface area contributed by atoms with Crippen LogP contribution in [0.3, 0.4) is 0 Å². The number of amides is 1. The Bertz CT molecular complexity index is 3300. The Morgan fingerprint density at radius 3 is 2.34 bits per heavy atom. The molecule has 10 rings (SSSR count). The molecular weight excluding hydrogens is 885 g/mol. The number of aryl methyl sites for hydroxylation is 2. The molecule has 2 fully saturated rings. The highest BCUT2D eigenvalue weighted by Crippen LogP contribution is 2.56. The highest BCUT2D eigenvalue weighted by molar-refractivity contribution is 7.71. The first-order valence-corrected chi connectivity index (χ1v) is 25.8. The fraction of sp³-hybridized carbons (Fsp3) is 0.431. The monoisotopic (exact) mass is 943 g/mol. The molecule has 356 valence electrons. The van der Waals surface area contributed by atoms with Crippen molar-refractivity contribution < 1.29 is 23.0 Å². The zero-order valence-electron chi connectivity index (χ0n) is 40.1. The number of halogens is 1. The summed E-state index contributed by atoms with van der Waals surface area (Å²) in [6.45, 7) is 16.8. The van der Waals surface area contributed by atoms with Crippen LogP contribution in [-0.4, -0.2) is 82.6 Å². The van der Waals surface area contributed by atoms with Crippen molar-refractivity contribution in [3.63, 3.8) is 0 Å². The van der Waals surface area contributed by atoms with Crippen molar-refractivity contribution in [2.24, 2.45) is 5.92 Å². The molecule has 1 amide bonds. The highest BCUT2D eigenvalue weighted by atomic mass is 31.2. The van der Waals surface area contributed by atoms with E-state index in [0.717, 1.165) is 29.0 Å². The van der Waals surface area contributed by atoms with Gasteiger partial charge in [0.2, 0.25) is 0 Å². The second-order valence-electron chi connectivity index (χ2n) is 19.7. The average molecular weight is 944 g/mol. The van der Waals surface area contributed by atoms with Gasteiger partial charge in [0.15, 0.2) is 5.82 Å². The van der Waals surface area contributed by atoms with Crippen LogP contribution in [0.15, 0.2) is 81.1 Å². The van der Waals surface area contributed by atoms with Crippen molar-refractivity contribution in [3.05, 3.63) is 128 Å². The summed E-state index contributed by atoms with van der Waals surface area (Å²) in [6, 6.07) is 16.8. The van der Waals surface area contributed by atoms with Crippen LogP contribution in [0.5, 0.6) is 0 Å². The van der Waals surface area contributed by atoms with E-state index in [1.165, 1.54) is 10.1 Å². The molecule has 1 saturated heterocycles. The number of carbonyl (C=O) groups excluding carboxylic acids is 1. The van der Waals surface area contributed by atoms with Crippen molar-refractivity contribution in [2.75, 3.05) is 37.8 Å². The van der Waals surface area contributed by atoms with E-state index in [1.807, 2.05) is 59.2 Å². The number of ether oxygens (including phenoxy) is 1. The number of carbonyl (C=O) groups is 1. The summed E-state index contributed by atoms with van der Waals surface area (Å²) in [5.74, 6) is -0.563. The lowest BCUT2D eigenvalue weighted by atomic mass is 9.83. The lowest BCUT2D eigenvalue weighted by molar-refractivity contribution is -0.0592. The summed E-state index contributed by atoms with van der Waals surface area (Å²) in [4.78, 5) is 47.6. The summed E-state index contributed by atoms with van der Waals surface area (Å²) >= 11 is 0. The maximum Gasteiger partial charge on any atom is 0.438 e. The molecule has 0 bridgehead atoms. The maximum absolute atomic E-state index is 15.6. The number of rotatable bonds is 11. The molecule has 1 aliphatic carbocycles. The Kier molecular flexibility index (Phi) is 11.0. The van der Waals surface area contributed by atoms with Crippen LogP contribution >= 0.6 is 7.14 Å². The molecule has 4 aromatic heterocycles. The number of imidazole rings is 1. The van der Waals surface area contributed by atoms with E-state index < -0.39 is 24.5 Å². The van der Waals surface area contributed by atoms with E-state index in [2.05, 4.69) is 54.4 Å². The third kappa shape index (κ3) is 7.16. The average Bonchev–Trinajstić information content (AvgIpc) is 3.82. The number of fused-ring (bicyclic) bond motifs is 2. The molecule has 17 heteroatoms. The minimum Gasteiger partial charge on any atom is -0.387 e. The minimum atomic E-state index is -2.66. The lowest BCUT2D eigenvalue weighted by Gasteiger charge is -2.35. The molecule has 2 N–H and O–H groups in total. The number of aromatic nitrogens is 7. The number of hydrogen-bond acceptors (Lipinski definition) is 9. The van der Waals surface area contributed by atoms with Gasteiger partial charge in [0.1, 0.15) is 35.6 Å². The van der Waals surface area contributed by atoms with Gasteiger partial charge in [0, 0.05) is 72.4 Å². The molecule has 3 aliphatic rings. The molecule has 1 saturated carbocycles. The summed E-state index contributed by atoms with van der Waals surface area (Å²) in [6.07, 6.45) is 6.80. The van der Waals surface area contributed by atoms with Crippen molar-refractivity contribution in [3.8, 4) is 22.6 Å². The van der Waals surface area contributed by atoms with Crippen LogP contribution in [0.2, 0.25) is 0 Å². The predicted molar refractivity (Wildman–Crippen MR) is 261 cm³/mol. The minimum absolute atomic E-state index is 0.0115. The normalized spacial score (nSPS) is 21.3. The standard InChI is InChI=1S/C51H59FN9O6P/c1-10-68(65,11-2)41-15-13-37(26-38(41)53-9)58-17-18-59(49(58)64)45-43(36-22-29(3)42(52)30(4)23-36)55-60-20-19-57(32(6)44(45)60)46(62)40-25-35-24-33(34-16-21-66-50(7,8)28-34)12-14-39(35)61(40)51(27-31(51)5)47-54-48(63)67-56-47/h12-15,17-18,22-26,31-32,34,53H,10-11,16,19-21,27-28H2,1-9H3,(H,54,56,63)/t31-,32?,34-,51-/m0/s1. The van der Waals surface area contributed by atoms with Gasteiger partial charge in [-0.15, -0.1) is 0 Å². The third-order valence-corrected chi connectivity index (χ3v) is 18.4. The number of benzene rings is 3. The van der Waals surface area contributed by atoms with Gasteiger partial charge < -0.3 is 24.1 Å². The summed E-state index contributed by atoms with van der Waals surface area (Å²) < 4.78 is 47.2. The van der Waals surface area contributed by atoms with Crippen molar-refractivity contribution in [2.45, 2.75) is 104 Å². The number of H-pyrrole nitrogens is 1. The molecule has 4 atom stereocenters. The van der Waals surface area contributed by atoms with Gasteiger partial charge in [0.05, 0.1) is 29.6 Å². The van der Waals surface area contributed by atoms with Gasteiger partial charge in [-0.1, -0.05) is 32.0 Å². The first kappa shape index (κ1) is 45.5. The largest absolute Gasteiger partial charge is 0.438 e. The highest BCUT2D eigenvalue weighted by Gasteiger charge is 2.59. The topological polar surface area (TPSA) is 167 Å². The van der Waals surface area contributed by atoms with Crippen LogP contribution in [0.1, 0.15) is 111 Å². The second kappa shape index (κ2) is 16.5. The Hall–Kier alpha value is -6.25. The van der Waals surface area contributed by atoms with Gasteiger partial charge in [-0.05, 0) is 131 Å². The van der Waals surface area contributed by atoms with E-state index in [0.29, 0.717) is 95.1 Å². The van der Waals surface area contributed by atoms with Crippen molar-refractivity contribution in [1.82, 2.24) is 38.5 Å². The van der Waals surface area contributed by atoms with Crippen LogP contribution in [0.25, 0.3) is 33.5 Å². The van der Waals surface area contributed by atoms with Gasteiger partial charge in [-0.3, -0.25) is 28.1 Å². The lowest BCUT2D eigenvalue weighted by Crippen LogP contribution is -2.43. The van der Waals surface area contributed by atoms with Crippen molar-refractivity contribution in [1.29, 1.82) is 0 Å². The Labute approximate surface area is 393 Å². The van der Waals surface area contributed by atoms with E-state index in [1.54, 1.807) is 50.0 Å². The quantitative estimate of drug-likeness (QED) is 0.121. The van der Waals surface area contributed by atoms with Gasteiger partial charge in [-0.25, -0.2) is 14.0 Å². The van der Waals surface area contributed by atoms with E-state index in [4.69, 9.17) is 14.4 Å². The zero-order valence-corrected chi connectivity index (χ0v) is 41.0. The summed E-state index contributed by atoms with van der Waals surface area (Å²) in [5, 5.41) is 14.2. The fourth-order valence-electron chi connectivity index (χ4n) is 11.2. The summed E-state index contributed by atoms with van der Waals surface area (Å²) in [5.41, 5.74) is 5.35. The molecule has 7 aromatic rings. The molecule has 1 unspecified atom stereocenters. The second-order valence-corrected chi connectivity index (χ2v) is 23.2. The third-order valence-electron chi connectivity index (χ3n) is 15.1. The van der Waals surface area contributed by atoms with Crippen LogP contribution < -0.4 is 22.1 Å². The molecule has 2 aliphatic heterocycles. The van der Waals surface area contributed by atoms with Gasteiger partial charge in [-0.2, -0.15) is 5.10 Å². The summed E-state index contributed by atoms with van der Waals surface area (Å²) in [7, 11) is -0.874. The number of hydrogen-bond donors (Lipinski definition) is 2. The number of aromatic amines is 1. The number of nitrogens with one attached hydrogen (secondary N) is 2. The Balaban J connectivity index is 1.11. The number of nitrogens with zero attached hydrogens (tertiary/aromatic N) is 7. The molecular formula is C51H59FN9O6P. The Morgan fingerprint density at radius 2 is 1.69 bits per heavy atom. The molecule has 68 heavy (non-hydrogen) atoms. The fourth-order valence-corrected chi connectivity index (χ4v) is 13.3. The van der Waals surface area contributed by atoms with Crippen LogP contribution in [0, 0.1) is 25.6 Å². The smallest absolute Gasteiger partial charge is 0.387 e. The molecule has 0 spiro atoms. The van der Waals surface area contributed by atoms with Gasteiger partial charge >= 0.3 is 11.4 Å². The first-order chi connectivity index (χ1) is 32.4. The van der Waals surface area contributed by atoms with E-state index in [9.17, 15) is 14.2 Å². The maximum atomic E-state index is 15.6. The van der Waals surface area contributed by atoms with E-state index >= 15 is 9.18 Å². The zero-order chi connectivity index (χ0) is 48.2. The molecule has 3 aromatic carbocycles. The van der Waals surface area contributed by atoms with Gasteiger partial charge in [0.25, 0.3) is 5.91 Å². The number of anilines is 1. The molecule has 0 radical (unpaired) electrons. The van der Waals surface area contributed by atoms with Crippen molar-refractivity contribution >= 4 is 34.9 Å². The van der Waals surface area contributed by atoms with Crippen LogP contribution in [-0.2, 0) is 21.4 Å². The van der Waals surface area contributed by atoms with E-state index in [-0.39, 0.29) is 34.9 Å². The molecule has 6 heterocycles. The molecule has 15 nitrogen and oxygen atoms in total.